The lowest BCUT2D eigenvalue weighted by Gasteiger charge is -2.35. The number of carbonyl (C=O) groups excluding carboxylic acids is 1. The number of nitrogens with one attached hydrogen (secondary N) is 3. The number of benzene rings is 2. The van der Waals surface area contributed by atoms with E-state index in [1.807, 2.05) is 31.3 Å². The van der Waals surface area contributed by atoms with E-state index < -0.39 is 15.7 Å². The minimum Gasteiger partial charge on any atom is -0.375 e. The minimum absolute atomic E-state index is 0.0511. The van der Waals surface area contributed by atoms with Crippen molar-refractivity contribution < 1.29 is 17.6 Å². The summed E-state index contributed by atoms with van der Waals surface area (Å²) < 4.78 is 38.4. The summed E-state index contributed by atoms with van der Waals surface area (Å²) in [7, 11) is -1.61. The van der Waals surface area contributed by atoms with Gasteiger partial charge in [-0.3, -0.25) is 9.69 Å². The van der Waals surface area contributed by atoms with Crippen LogP contribution in [0, 0.1) is 5.82 Å². The number of nitrogens with zero attached hydrogens (tertiary/aromatic N) is 4. The Hall–Kier alpha value is -3.87. The Morgan fingerprint density at radius 2 is 1.82 bits per heavy atom. The number of rotatable bonds is 8. The molecule has 10 nitrogen and oxygen atoms in total. The molecule has 3 heterocycles. The van der Waals surface area contributed by atoms with Crippen molar-refractivity contribution in [2.45, 2.75) is 24.4 Å². The van der Waals surface area contributed by atoms with E-state index in [1.54, 1.807) is 12.3 Å². The summed E-state index contributed by atoms with van der Waals surface area (Å²) in [5.74, 6) is -0.494. The number of amides is 1. The van der Waals surface area contributed by atoms with E-state index in [1.165, 1.54) is 18.2 Å². The van der Waals surface area contributed by atoms with Crippen molar-refractivity contribution >= 4 is 38.0 Å². The van der Waals surface area contributed by atoms with Crippen molar-refractivity contribution in [1.29, 1.82) is 0 Å². The monoisotopic (exact) mass is 565 g/mol. The molecule has 1 fully saturated rings. The van der Waals surface area contributed by atoms with Gasteiger partial charge in [-0.05, 0) is 38.2 Å². The number of aromatic nitrogens is 3. The predicted molar refractivity (Wildman–Crippen MR) is 153 cm³/mol. The van der Waals surface area contributed by atoms with E-state index in [2.05, 4.69) is 42.4 Å². The fourth-order valence-corrected chi connectivity index (χ4v) is 5.59. The molecule has 3 N–H and O–H groups in total. The van der Waals surface area contributed by atoms with Gasteiger partial charge in [0, 0.05) is 55.8 Å². The lowest BCUT2D eigenvalue weighted by molar-refractivity contribution is -0.121. The second-order valence-corrected chi connectivity index (χ2v) is 12.0. The summed E-state index contributed by atoms with van der Waals surface area (Å²) >= 11 is 0. The van der Waals surface area contributed by atoms with Gasteiger partial charge in [0.1, 0.15) is 10.7 Å². The smallest absolute Gasteiger partial charge is 0.241 e. The molecule has 1 saturated heterocycles. The molecule has 0 spiro atoms. The van der Waals surface area contributed by atoms with Crippen LogP contribution in [0.1, 0.15) is 12.7 Å². The number of hydrogen-bond donors (Lipinski definition) is 3. The Bertz CT molecular complexity index is 1650. The van der Waals surface area contributed by atoms with Gasteiger partial charge in [0.25, 0.3) is 0 Å². The molecule has 0 radical (unpaired) electrons. The number of halogens is 1. The molecule has 0 saturated carbocycles. The lowest BCUT2D eigenvalue weighted by Crippen LogP contribution is -2.51. The molecule has 40 heavy (non-hydrogen) atoms. The van der Waals surface area contributed by atoms with Crippen LogP contribution in [0.2, 0.25) is 0 Å². The van der Waals surface area contributed by atoms with Gasteiger partial charge in [0.15, 0.2) is 15.7 Å². The van der Waals surface area contributed by atoms with Crippen LogP contribution in [0.3, 0.4) is 0 Å². The largest absolute Gasteiger partial charge is 0.375 e. The van der Waals surface area contributed by atoms with Crippen molar-refractivity contribution in [2.75, 3.05) is 50.1 Å². The quantitative estimate of drug-likeness (QED) is 0.297. The number of hydrogen-bond acceptors (Lipinski definition) is 8. The number of carbonyl (C=O) groups is 1. The molecular formula is C28H32FN7O3S. The van der Waals surface area contributed by atoms with Crippen LogP contribution in [0.25, 0.3) is 22.2 Å². The number of aromatic amines is 1. The summed E-state index contributed by atoms with van der Waals surface area (Å²) in [6.07, 6.45) is 4.41. The van der Waals surface area contributed by atoms with E-state index in [0.717, 1.165) is 48.9 Å². The Kier molecular flexibility index (Phi) is 7.83. The maximum absolute atomic E-state index is 14.7. The molecule has 1 aliphatic heterocycles. The maximum atomic E-state index is 14.7. The fourth-order valence-electron chi connectivity index (χ4n) is 4.82. The highest BCUT2D eigenvalue weighted by molar-refractivity contribution is 7.90. The first-order chi connectivity index (χ1) is 19.1. The fraction of sp³-hybridized carbons (Fsp3) is 0.321. The third kappa shape index (κ3) is 5.83. The van der Waals surface area contributed by atoms with E-state index in [0.29, 0.717) is 17.2 Å². The van der Waals surface area contributed by atoms with Crippen LogP contribution in [0.4, 0.5) is 15.8 Å². The molecule has 0 aliphatic carbocycles. The molecular weight excluding hydrogens is 533 g/mol. The van der Waals surface area contributed by atoms with Crippen molar-refractivity contribution in [1.82, 2.24) is 24.8 Å². The topological polar surface area (TPSA) is 123 Å². The Labute approximate surface area is 232 Å². The molecule has 12 heteroatoms. The zero-order valence-corrected chi connectivity index (χ0v) is 23.4. The van der Waals surface area contributed by atoms with Gasteiger partial charge in [-0.1, -0.05) is 18.2 Å². The Balaban J connectivity index is 1.33. The molecule has 1 aliphatic rings. The minimum atomic E-state index is -3.70. The molecule has 0 bridgehead atoms. The van der Waals surface area contributed by atoms with Crippen molar-refractivity contribution in [3.63, 3.8) is 0 Å². The van der Waals surface area contributed by atoms with Crippen LogP contribution in [0.5, 0.6) is 0 Å². The number of anilines is 2. The van der Waals surface area contributed by atoms with Crippen molar-refractivity contribution in [3.05, 3.63) is 66.5 Å². The highest BCUT2D eigenvalue weighted by Gasteiger charge is 2.25. The molecule has 2 aromatic heterocycles. The molecule has 210 valence electrons. The van der Waals surface area contributed by atoms with Gasteiger partial charge in [-0.25, -0.2) is 22.8 Å². The van der Waals surface area contributed by atoms with Crippen LogP contribution in [-0.4, -0.2) is 84.6 Å². The summed E-state index contributed by atoms with van der Waals surface area (Å²) in [6, 6.07) is 11.4. The van der Waals surface area contributed by atoms with Gasteiger partial charge >= 0.3 is 0 Å². The third-order valence-electron chi connectivity index (χ3n) is 7.22. The van der Waals surface area contributed by atoms with E-state index >= 15 is 0 Å². The van der Waals surface area contributed by atoms with Gasteiger partial charge < -0.3 is 20.5 Å². The number of para-hydroxylation sites is 1. The van der Waals surface area contributed by atoms with E-state index in [-0.39, 0.29) is 29.1 Å². The molecule has 4 aromatic rings. The highest BCUT2D eigenvalue weighted by Crippen LogP contribution is 2.32. The van der Waals surface area contributed by atoms with Gasteiger partial charge in [0.05, 0.1) is 35.2 Å². The van der Waals surface area contributed by atoms with Crippen LogP contribution in [-0.2, 0) is 21.2 Å². The van der Waals surface area contributed by atoms with Crippen molar-refractivity contribution in [2.24, 2.45) is 0 Å². The summed E-state index contributed by atoms with van der Waals surface area (Å²) in [6.45, 7) is 5.59. The number of piperazine rings is 1. The van der Waals surface area contributed by atoms with Crippen LogP contribution in [0.15, 0.2) is 59.8 Å². The van der Waals surface area contributed by atoms with Crippen LogP contribution >= 0.6 is 0 Å². The number of H-pyrrole nitrogens is 1. The normalized spacial score (nSPS) is 15.7. The lowest BCUT2D eigenvalue weighted by atomic mass is 10.1. The average Bonchev–Trinajstić information content (AvgIpc) is 3.37. The van der Waals surface area contributed by atoms with Crippen molar-refractivity contribution in [3.8, 4) is 11.3 Å². The number of fused-ring (bicyclic) bond motifs is 1. The summed E-state index contributed by atoms with van der Waals surface area (Å²) in [4.78, 5) is 29.3. The molecule has 5 rings (SSSR count). The SMILES string of the molecule is C[C@H](C(=O)Nc1cccc2c(-c3ccnc(CNc4cccc(S(C)(=O)=O)c4F)n3)c[nH]c12)N1CCN(C)CC1. The van der Waals surface area contributed by atoms with E-state index in [4.69, 9.17) is 0 Å². The van der Waals surface area contributed by atoms with Crippen LogP contribution < -0.4 is 10.6 Å². The number of sulfone groups is 1. The third-order valence-corrected chi connectivity index (χ3v) is 8.33. The van der Waals surface area contributed by atoms with Gasteiger partial charge in [-0.2, -0.15) is 0 Å². The summed E-state index contributed by atoms with van der Waals surface area (Å²) in [5.41, 5.74) is 3.00. The first-order valence-corrected chi connectivity index (χ1v) is 14.9. The Morgan fingerprint density at radius 3 is 2.58 bits per heavy atom. The number of likely N-dealkylation sites (N-methyl/N-ethyl adjacent to an activating group) is 1. The first-order valence-electron chi connectivity index (χ1n) is 13.0. The summed E-state index contributed by atoms with van der Waals surface area (Å²) in [5, 5.41) is 6.86. The predicted octanol–water partition coefficient (Wildman–Crippen LogP) is 3.35. The first kappa shape index (κ1) is 27.7. The molecule has 1 atom stereocenters. The second-order valence-electron chi connectivity index (χ2n) is 10.0. The zero-order chi connectivity index (χ0) is 28.4. The molecule has 0 unspecified atom stereocenters. The van der Waals surface area contributed by atoms with E-state index in [9.17, 15) is 17.6 Å². The second kappa shape index (κ2) is 11.3. The molecule has 2 aromatic carbocycles. The standard InChI is InChI=1S/C28H32FN7O3S/c1-18(36-14-12-35(2)13-15-36)28(37)34-23-8-4-6-19-20(16-32-27(19)23)21-10-11-30-25(33-21)17-31-22-7-5-9-24(26(22)29)40(3,38)39/h4-11,16,18,31-32H,12-15,17H2,1-3H3,(H,34,37)/t18-/m1/s1. The van der Waals surface area contributed by atoms with Gasteiger partial charge in [-0.15, -0.1) is 0 Å². The highest BCUT2D eigenvalue weighted by atomic mass is 32.2. The maximum Gasteiger partial charge on any atom is 0.241 e. The average molecular weight is 566 g/mol. The molecule has 1 amide bonds. The van der Waals surface area contributed by atoms with Gasteiger partial charge in [0.2, 0.25) is 5.91 Å². The Morgan fingerprint density at radius 1 is 1.10 bits per heavy atom. The zero-order valence-electron chi connectivity index (χ0n) is 22.6.